The molecule has 1 aromatic carbocycles. The van der Waals surface area contributed by atoms with Crippen LogP contribution in [0.1, 0.15) is 31.2 Å². The molecule has 0 N–H and O–H groups in total. The molecule has 2 atom stereocenters. The van der Waals surface area contributed by atoms with Gasteiger partial charge in [0.1, 0.15) is 5.78 Å². The minimum atomic E-state index is -3.51. The average Bonchev–Trinajstić information content (AvgIpc) is 2.97. The van der Waals surface area contributed by atoms with Gasteiger partial charge in [0.15, 0.2) is 0 Å². The van der Waals surface area contributed by atoms with Crippen molar-refractivity contribution in [2.75, 3.05) is 13.1 Å². The van der Waals surface area contributed by atoms with Gasteiger partial charge in [0, 0.05) is 25.4 Å². The molecular formula is C18H23NO3S. The number of fused-ring (bicyclic) bond motifs is 1. The van der Waals surface area contributed by atoms with Crippen LogP contribution in [0.4, 0.5) is 0 Å². The fourth-order valence-electron chi connectivity index (χ4n) is 3.46. The SMILES string of the molecule is Cc1ccc(S(=O)(=O)N2C[C@@H]3C/C=C/CCCC(=O)[C@@H]3C2)cc1. The molecule has 0 spiro atoms. The lowest BCUT2D eigenvalue weighted by atomic mass is 9.88. The Morgan fingerprint density at radius 1 is 1.09 bits per heavy atom. The highest BCUT2D eigenvalue weighted by Gasteiger charge is 2.41. The molecule has 2 aliphatic rings. The van der Waals surface area contributed by atoms with Crippen LogP contribution in [-0.4, -0.2) is 31.6 Å². The van der Waals surface area contributed by atoms with Gasteiger partial charge in [0.05, 0.1) is 4.90 Å². The van der Waals surface area contributed by atoms with Gasteiger partial charge in [-0.1, -0.05) is 29.8 Å². The zero-order chi connectivity index (χ0) is 16.4. The van der Waals surface area contributed by atoms with Gasteiger partial charge in [0.2, 0.25) is 10.0 Å². The first kappa shape index (κ1) is 16.4. The fourth-order valence-corrected chi connectivity index (χ4v) is 4.98. The maximum Gasteiger partial charge on any atom is 0.243 e. The van der Waals surface area contributed by atoms with Crippen molar-refractivity contribution in [3.63, 3.8) is 0 Å². The molecule has 1 saturated heterocycles. The van der Waals surface area contributed by atoms with Crippen LogP contribution in [0, 0.1) is 18.8 Å². The van der Waals surface area contributed by atoms with E-state index in [1.165, 1.54) is 4.31 Å². The quantitative estimate of drug-likeness (QED) is 0.782. The largest absolute Gasteiger partial charge is 0.299 e. The summed E-state index contributed by atoms with van der Waals surface area (Å²) in [5.74, 6) is 0.176. The third kappa shape index (κ3) is 3.40. The second kappa shape index (κ2) is 6.57. The molecule has 0 saturated carbocycles. The molecule has 5 heteroatoms. The first-order chi connectivity index (χ1) is 11.0. The molecule has 1 aliphatic carbocycles. The summed E-state index contributed by atoms with van der Waals surface area (Å²) in [5, 5.41) is 0. The highest BCUT2D eigenvalue weighted by molar-refractivity contribution is 7.89. The minimum absolute atomic E-state index is 0.108. The lowest BCUT2D eigenvalue weighted by Gasteiger charge is -2.16. The van der Waals surface area contributed by atoms with Crippen molar-refractivity contribution in [3.8, 4) is 0 Å². The molecule has 1 fully saturated rings. The Hall–Kier alpha value is -1.46. The Bertz CT molecular complexity index is 706. The molecule has 0 amide bonds. The summed E-state index contributed by atoms with van der Waals surface area (Å²) in [6, 6.07) is 6.92. The maximum absolute atomic E-state index is 12.8. The molecular weight excluding hydrogens is 310 g/mol. The molecule has 0 aromatic heterocycles. The summed E-state index contributed by atoms with van der Waals surface area (Å²) in [7, 11) is -3.51. The van der Waals surface area contributed by atoms with Crippen LogP contribution in [0.3, 0.4) is 0 Å². The van der Waals surface area contributed by atoms with E-state index in [0.717, 1.165) is 24.8 Å². The van der Waals surface area contributed by atoms with Crippen molar-refractivity contribution < 1.29 is 13.2 Å². The smallest absolute Gasteiger partial charge is 0.243 e. The summed E-state index contributed by atoms with van der Waals surface area (Å²) in [4.78, 5) is 12.7. The van der Waals surface area contributed by atoms with Crippen molar-refractivity contribution >= 4 is 15.8 Å². The highest BCUT2D eigenvalue weighted by atomic mass is 32.2. The number of allylic oxidation sites excluding steroid dienone is 2. The van der Waals surface area contributed by atoms with Gasteiger partial charge in [-0.25, -0.2) is 8.42 Å². The first-order valence-electron chi connectivity index (χ1n) is 8.23. The van der Waals surface area contributed by atoms with E-state index in [9.17, 15) is 13.2 Å². The number of hydrogen-bond acceptors (Lipinski definition) is 3. The van der Waals surface area contributed by atoms with Crippen molar-refractivity contribution in [2.45, 2.75) is 37.5 Å². The standard InChI is InChI=1S/C18H23NO3S/c1-14-8-10-16(11-9-14)23(21,22)19-12-15-6-4-2-3-5-7-18(20)17(15)13-19/h2,4,8-11,15,17H,3,5-7,12-13H2,1H3/b4-2+/t15-,17+/m0/s1. The molecule has 124 valence electrons. The van der Waals surface area contributed by atoms with E-state index in [2.05, 4.69) is 12.2 Å². The van der Waals surface area contributed by atoms with E-state index in [0.29, 0.717) is 24.4 Å². The summed E-state index contributed by atoms with van der Waals surface area (Å²) in [6.45, 7) is 2.70. The zero-order valence-corrected chi connectivity index (χ0v) is 14.3. The van der Waals surface area contributed by atoms with Crippen LogP contribution in [0.2, 0.25) is 0 Å². The van der Waals surface area contributed by atoms with Gasteiger partial charge in [0.25, 0.3) is 0 Å². The number of nitrogens with zero attached hydrogens (tertiary/aromatic N) is 1. The lowest BCUT2D eigenvalue weighted by molar-refractivity contribution is -0.123. The summed E-state index contributed by atoms with van der Waals surface area (Å²) in [5.41, 5.74) is 1.03. The van der Waals surface area contributed by atoms with Crippen molar-refractivity contribution in [3.05, 3.63) is 42.0 Å². The number of hydrogen-bond donors (Lipinski definition) is 0. The summed E-state index contributed by atoms with van der Waals surface area (Å²) >= 11 is 0. The van der Waals surface area contributed by atoms with E-state index in [1.807, 2.05) is 19.1 Å². The molecule has 23 heavy (non-hydrogen) atoms. The molecule has 0 unspecified atom stereocenters. The van der Waals surface area contributed by atoms with E-state index in [1.54, 1.807) is 12.1 Å². The number of ketones is 1. The van der Waals surface area contributed by atoms with E-state index >= 15 is 0 Å². The van der Waals surface area contributed by atoms with Crippen LogP contribution in [0.15, 0.2) is 41.3 Å². The highest BCUT2D eigenvalue weighted by Crippen LogP contribution is 2.33. The number of sulfonamides is 1. The van der Waals surface area contributed by atoms with Crippen LogP contribution in [0.25, 0.3) is 0 Å². The van der Waals surface area contributed by atoms with E-state index in [-0.39, 0.29) is 17.6 Å². The van der Waals surface area contributed by atoms with Crippen molar-refractivity contribution in [1.29, 1.82) is 0 Å². The van der Waals surface area contributed by atoms with Gasteiger partial charge in [-0.15, -0.1) is 0 Å². The topological polar surface area (TPSA) is 54.5 Å². The Morgan fingerprint density at radius 3 is 2.57 bits per heavy atom. The van der Waals surface area contributed by atoms with Gasteiger partial charge in [-0.2, -0.15) is 4.31 Å². The molecule has 1 aromatic rings. The third-order valence-corrected chi connectivity index (χ3v) is 6.73. The van der Waals surface area contributed by atoms with Crippen molar-refractivity contribution in [1.82, 2.24) is 4.31 Å². The minimum Gasteiger partial charge on any atom is -0.299 e. The van der Waals surface area contributed by atoms with Crippen LogP contribution < -0.4 is 0 Å². The zero-order valence-electron chi connectivity index (χ0n) is 13.4. The van der Waals surface area contributed by atoms with Gasteiger partial charge >= 0.3 is 0 Å². The summed E-state index contributed by atoms with van der Waals surface area (Å²) in [6.07, 6.45) is 7.38. The average molecular weight is 333 g/mol. The fraction of sp³-hybridized carbons (Fsp3) is 0.500. The normalized spacial score (nSPS) is 27.8. The molecule has 0 bridgehead atoms. The van der Waals surface area contributed by atoms with Gasteiger partial charge in [-0.05, 0) is 44.2 Å². The number of benzene rings is 1. The van der Waals surface area contributed by atoms with Gasteiger partial charge < -0.3 is 0 Å². The monoisotopic (exact) mass is 333 g/mol. The van der Waals surface area contributed by atoms with E-state index < -0.39 is 10.0 Å². The van der Waals surface area contributed by atoms with Crippen molar-refractivity contribution in [2.24, 2.45) is 11.8 Å². The van der Waals surface area contributed by atoms with Crippen LogP contribution in [0.5, 0.6) is 0 Å². The van der Waals surface area contributed by atoms with E-state index in [4.69, 9.17) is 0 Å². The van der Waals surface area contributed by atoms with Crippen LogP contribution >= 0.6 is 0 Å². The predicted molar refractivity (Wildman–Crippen MR) is 89.5 cm³/mol. The Kier molecular flexibility index (Phi) is 4.69. The first-order valence-corrected chi connectivity index (χ1v) is 9.67. The Morgan fingerprint density at radius 2 is 1.83 bits per heavy atom. The van der Waals surface area contributed by atoms with Gasteiger partial charge in [-0.3, -0.25) is 4.79 Å². The Labute approximate surface area is 138 Å². The molecule has 1 aliphatic heterocycles. The molecule has 3 rings (SSSR count). The Balaban J connectivity index is 1.84. The lowest BCUT2D eigenvalue weighted by Crippen LogP contribution is -2.30. The number of carbonyl (C=O) groups is 1. The third-order valence-electron chi connectivity index (χ3n) is 4.88. The number of aryl methyl sites for hydroxylation is 1. The maximum atomic E-state index is 12.8. The number of Topliss-reactive ketones (excluding diaryl/α,β-unsaturated/α-hetero) is 1. The predicted octanol–water partition coefficient (Wildman–Crippen LogP) is 2.93. The molecule has 4 nitrogen and oxygen atoms in total. The molecule has 0 radical (unpaired) electrons. The second-order valence-electron chi connectivity index (χ2n) is 6.57. The number of rotatable bonds is 2. The summed E-state index contributed by atoms with van der Waals surface area (Å²) < 4.78 is 27.2. The second-order valence-corrected chi connectivity index (χ2v) is 8.51. The van der Waals surface area contributed by atoms with Crippen LogP contribution in [-0.2, 0) is 14.8 Å². The number of carbonyl (C=O) groups excluding carboxylic acids is 1. The molecule has 1 heterocycles.